The number of nitro groups is 1. The van der Waals surface area contributed by atoms with Gasteiger partial charge in [0, 0.05) is 28.7 Å². The van der Waals surface area contributed by atoms with E-state index >= 15 is 0 Å². The molecule has 2 aromatic carbocycles. The summed E-state index contributed by atoms with van der Waals surface area (Å²) in [6, 6.07) is 15.1. The lowest BCUT2D eigenvalue weighted by atomic mass is 10.0. The van der Waals surface area contributed by atoms with Crippen LogP contribution in [0.2, 0.25) is 0 Å². The van der Waals surface area contributed by atoms with Crippen LogP contribution in [0.1, 0.15) is 30.5 Å². The molecule has 5 heteroatoms. The van der Waals surface area contributed by atoms with Gasteiger partial charge in [0.1, 0.15) is 0 Å². The maximum absolute atomic E-state index is 11.0. The predicted octanol–water partition coefficient (Wildman–Crippen LogP) is 4.60. The molecule has 0 saturated carbocycles. The van der Waals surface area contributed by atoms with Crippen LogP contribution in [0.4, 0.5) is 5.69 Å². The van der Waals surface area contributed by atoms with Crippen LogP contribution in [0.25, 0.3) is 0 Å². The maximum atomic E-state index is 11.0. The molecule has 1 atom stereocenters. The fraction of sp³-hybridized carbons (Fsp3) is 0.250. The Labute approximate surface area is 132 Å². The molecule has 4 nitrogen and oxygen atoms in total. The third kappa shape index (κ3) is 4.12. The molecule has 1 N–H and O–H groups in total. The molecule has 0 aliphatic heterocycles. The molecule has 0 saturated heterocycles. The van der Waals surface area contributed by atoms with Crippen LogP contribution in [0.3, 0.4) is 0 Å². The quantitative estimate of drug-likeness (QED) is 0.613. The second-order valence-electron chi connectivity index (χ2n) is 4.78. The van der Waals surface area contributed by atoms with E-state index in [1.807, 2.05) is 18.2 Å². The van der Waals surface area contributed by atoms with Crippen LogP contribution in [0, 0.1) is 10.1 Å². The zero-order chi connectivity index (χ0) is 15.2. The molecule has 0 bridgehead atoms. The predicted molar refractivity (Wildman–Crippen MR) is 87.1 cm³/mol. The van der Waals surface area contributed by atoms with Crippen molar-refractivity contribution in [2.24, 2.45) is 0 Å². The van der Waals surface area contributed by atoms with Crippen molar-refractivity contribution in [2.45, 2.75) is 25.9 Å². The summed E-state index contributed by atoms with van der Waals surface area (Å²) >= 11 is 3.47. The van der Waals surface area contributed by atoms with Gasteiger partial charge in [0.05, 0.1) is 4.92 Å². The smallest absolute Gasteiger partial charge is 0.273 e. The van der Waals surface area contributed by atoms with Crippen molar-refractivity contribution in [3.63, 3.8) is 0 Å². The summed E-state index contributed by atoms with van der Waals surface area (Å²) < 4.78 is 1.03. The van der Waals surface area contributed by atoms with Gasteiger partial charge in [0.15, 0.2) is 0 Å². The Morgan fingerprint density at radius 1 is 1.24 bits per heavy atom. The number of nitrogens with zero attached hydrogens (tertiary/aromatic N) is 1. The monoisotopic (exact) mass is 348 g/mol. The van der Waals surface area contributed by atoms with Crippen molar-refractivity contribution in [3.05, 3.63) is 74.2 Å². The standard InChI is InChI=1S/C16H17BrN2O2/c1-2-15(12-7-5-8-14(17)10-12)18-11-13-6-3-4-9-16(13)19(20)21/h3-10,15,18H,2,11H2,1H3. The van der Waals surface area contributed by atoms with Crippen molar-refractivity contribution in [1.82, 2.24) is 5.32 Å². The number of para-hydroxylation sites is 1. The molecule has 1 unspecified atom stereocenters. The molecule has 0 radical (unpaired) electrons. The van der Waals surface area contributed by atoms with Crippen molar-refractivity contribution < 1.29 is 4.92 Å². The van der Waals surface area contributed by atoms with Gasteiger partial charge in [-0.05, 0) is 24.1 Å². The van der Waals surface area contributed by atoms with Crippen LogP contribution in [-0.4, -0.2) is 4.92 Å². The third-order valence-corrected chi connectivity index (χ3v) is 3.88. The van der Waals surface area contributed by atoms with Crippen molar-refractivity contribution in [3.8, 4) is 0 Å². The first-order valence-electron chi connectivity index (χ1n) is 6.83. The first-order valence-corrected chi connectivity index (χ1v) is 7.62. The molecule has 0 fully saturated rings. The Bertz CT molecular complexity index is 631. The van der Waals surface area contributed by atoms with E-state index in [1.54, 1.807) is 12.1 Å². The molecule has 2 aromatic rings. The van der Waals surface area contributed by atoms with E-state index in [4.69, 9.17) is 0 Å². The Hall–Kier alpha value is -1.72. The van der Waals surface area contributed by atoms with Gasteiger partial charge in [-0.2, -0.15) is 0 Å². The fourth-order valence-corrected chi connectivity index (χ4v) is 2.71. The minimum atomic E-state index is -0.336. The molecule has 0 aromatic heterocycles. The summed E-state index contributed by atoms with van der Waals surface area (Å²) in [5.74, 6) is 0. The lowest BCUT2D eigenvalue weighted by molar-refractivity contribution is -0.385. The Morgan fingerprint density at radius 2 is 2.00 bits per heavy atom. The first kappa shape index (κ1) is 15.7. The van der Waals surface area contributed by atoms with Gasteiger partial charge < -0.3 is 5.32 Å². The van der Waals surface area contributed by atoms with Gasteiger partial charge in [-0.3, -0.25) is 10.1 Å². The summed E-state index contributed by atoms with van der Waals surface area (Å²) in [6.07, 6.45) is 0.914. The second kappa shape index (κ2) is 7.33. The first-order chi connectivity index (χ1) is 10.1. The highest BCUT2D eigenvalue weighted by Crippen LogP contribution is 2.23. The summed E-state index contributed by atoms with van der Waals surface area (Å²) in [6.45, 7) is 2.57. The van der Waals surface area contributed by atoms with Crippen LogP contribution >= 0.6 is 15.9 Å². The number of hydrogen-bond acceptors (Lipinski definition) is 3. The number of hydrogen-bond donors (Lipinski definition) is 1. The third-order valence-electron chi connectivity index (χ3n) is 3.39. The number of rotatable bonds is 6. The molecular weight excluding hydrogens is 332 g/mol. The van der Waals surface area contributed by atoms with Crippen LogP contribution in [0.5, 0.6) is 0 Å². The Balaban J connectivity index is 2.12. The van der Waals surface area contributed by atoms with Gasteiger partial charge in [0.2, 0.25) is 0 Å². The number of benzene rings is 2. The van der Waals surface area contributed by atoms with E-state index in [-0.39, 0.29) is 16.7 Å². The van der Waals surface area contributed by atoms with Crippen LogP contribution in [-0.2, 0) is 6.54 Å². The zero-order valence-electron chi connectivity index (χ0n) is 11.8. The van der Waals surface area contributed by atoms with Crippen LogP contribution in [0.15, 0.2) is 53.0 Å². The number of halogens is 1. The minimum absolute atomic E-state index is 0.161. The number of nitrogens with one attached hydrogen (secondary N) is 1. The molecule has 21 heavy (non-hydrogen) atoms. The van der Waals surface area contributed by atoms with E-state index in [0.29, 0.717) is 12.1 Å². The Kier molecular flexibility index (Phi) is 5.47. The van der Waals surface area contributed by atoms with E-state index in [9.17, 15) is 10.1 Å². The average Bonchev–Trinajstić information content (AvgIpc) is 2.48. The molecule has 0 aliphatic carbocycles. The summed E-state index contributed by atoms with van der Waals surface area (Å²) in [7, 11) is 0. The van der Waals surface area contributed by atoms with Gasteiger partial charge in [-0.1, -0.05) is 53.2 Å². The molecule has 110 valence electrons. The SMILES string of the molecule is CCC(NCc1ccccc1[N+](=O)[O-])c1cccc(Br)c1. The van der Waals surface area contributed by atoms with Gasteiger partial charge in [-0.25, -0.2) is 0 Å². The van der Waals surface area contributed by atoms with E-state index < -0.39 is 0 Å². The van der Waals surface area contributed by atoms with Crippen molar-refractivity contribution in [1.29, 1.82) is 0 Å². The van der Waals surface area contributed by atoms with Gasteiger partial charge >= 0.3 is 0 Å². The normalized spacial score (nSPS) is 12.1. The lowest BCUT2D eigenvalue weighted by Gasteiger charge is -2.18. The molecule has 0 aliphatic rings. The summed E-state index contributed by atoms with van der Waals surface area (Å²) in [5.41, 5.74) is 2.04. The second-order valence-corrected chi connectivity index (χ2v) is 5.70. The highest BCUT2D eigenvalue weighted by molar-refractivity contribution is 9.10. The molecule has 2 rings (SSSR count). The zero-order valence-corrected chi connectivity index (χ0v) is 13.3. The largest absolute Gasteiger partial charge is 0.306 e. The molecular formula is C16H17BrN2O2. The minimum Gasteiger partial charge on any atom is -0.306 e. The molecule has 0 spiro atoms. The molecule has 0 amide bonds. The highest BCUT2D eigenvalue weighted by Gasteiger charge is 2.14. The lowest BCUT2D eigenvalue weighted by Crippen LogP contribution is -2.20. The highest BCUT2D eigenvalue weighted by atomic mass is 79.9. The topological polar surface area (TPSA) is 55.2 Å². The van der Waals surface area contributed by atoms with E-state index in [1.165, 1.54) is 11.6 Å². The van der Waals surface area contributed by atoms with Crippen LogP contribution < -0.4 is 5.32 Å². The van der Waals surface area contributed by atoms with Crippen molar-refractivity contribution in [2.75, 3.05) is 0 Å². The maximum Gasteiger partial charge on any atom is 0.273 e. The summed E-state index contributed by atoms with van der Waals surface area (Å²) in [5, 5.41) is 14.4. The van der Waals surface area contributed by atoms with Crippen molar-refractivity contribution >= 4 is 21.6 Å². The average molecular weight is 349 g/mol. The Morgan fingerprint density at radius 3 is 2.67 bits per heavy atom. The number of nitro benzene ring substituents is 1. The fourth-order valence-electron chi connectivity index (χ4n) is 2.29. The molecule has 0 heterocycles. The van der Waals surface area contributed by atoms with E-state index in [2.05, 4.69) is 40.3 Å². The summed E-state index contributed by atoms with van der Waals surface area (Å²) in [4.78, 5) is 10.7. The van der Waals surface area contributed by atoms with Gasteiger partial charge in [0.25, 0.3) is 5.69 Å². The van der Waals surface area contributed by atoms with Gasteiger partial charge in [-0.15, -0.1) is 0 Å². The van der Waals surface area contributed by atoms with E-state index in [0.717, 1.165) is 10.9 Å².